The summed E-state index contributed by atoms with van der Waals surface area (Å²) in [7, 11) is 1.67. The van der Waals surface area contributed by atoms with Gasteiger partial charge in [-0.1, -0.05) is 25.1 Å². The first-order valence-corrected chi connectivity index (χ1v) is 11.3. The molecule has 1 heterocycles. The molecule has 0 bridgehead atoms. The van der Waals surface area contributed by atoms with E-state index >= 15 is 0 Å². The smallest absolute Gasteiger partial charge is 0.243 e. The van der Waals surface area contributed by atoms with E-state index in [0.717, 1.165) is 56.0 Å². The average Bonchev–Trinajstić information content (AvgIpc) is 3.05. The Morgan fingerprint density at radius 3 is 2.50 bits per heavy atom. The van der Waals surface area contributed by atoms with E-state index in [1.54, 1.807) is 19.2 Å². The van der Waals surface area contributed by atoms with Gasteiger partial charge < -0.3 is 15.1 Å². The number of likely N-dealkylation sites (N-methyl/N-ethyl adjacent to an activating group) is 1. The van der Waals surface area contributed by atoms with Crippen molar-refractivity contribution in [3.63, 3.8) is 0 Å². The second-order valence-corrected chi connectivity index (χ2v) is 8.28. The van der Waals surface area contributed by atoms with Crippen molar-refractivity contribution in [3.05, 3.63) is 59.9 Å². The SMILES string of the molecule is CCc1ccccc1NC(=O)CN(C)C(=O)C(C)N1CCCN(c2ccc(F)cc2)CC1. The highest BCUT2D eigenvalue weighted by atomic mass is 19.1. The molecule has 3 rings (SSSR count). The Hall–Kier alpha value is -2.93. The number of hydrogen-bond acceptors (Lipinski definition) is 4. The molecule has 1 N–H and O–H groups in total. The molecule has 2 aromatic rings. The normalized spacial score (nSPS) is 15.7. The monoisotopic (exact) mass is 440 g/mol. The first-order valence-electron chi connectivity index (χ1n) is 11.3. The van der Waals surface area contributed by atoms with Gasteiger partial charge in [0, 0.05) is 44.6 Å². The maximum Gasteiger partial charge on any atom is 0.243 e. The highest BCUT2D eigenvalue weighted by molar-refractivity contribution is 5.95. The van der Waals surface area contributed by atoms with Crippen LogP contribution in [0.1, 0.15) is 25.8 Å². The van der Waals surface area contributed by atoms with Gasteiger partial charge in [-0.2, -0.15) is 0 Å². The Morgan fingerprint density at radius 2 is 1.78 bits per heavy atom. The van der Waals surface area contributed by atoms with Crippen molar-refractivity contribution in [3.8, 4) is 0 Å². The number of nitrogens with one attached hydrogen (secondary N) is 1. The molecule has 172 valence electrons. The summed E-state index contributed by atoms with van der Waals surface area (Å²) < 4.78 is 13.2. The third kappa shape index (κ3) is 6.07. The number of anilines is 2. The molecule has 1 aliphatic rings. The summed E-state index contributed by atoms with van der Waals surface area (Å²) in [4.78, 5) is 31.4. The van der Waals surface area contributed by atoms with Gasteiger partial charge in [-0.3, -0.25) is 14.5 Å². The van der Waals surface area contributed by atoms with Gasteiger partial charge in [-0.05, 0) is 55.7 Å². The van der Waals surface area contributed by atoms with Gasteiger partial charge in [0.25, 0.3) is 0 Å². The highest BCUT2D eigenvalue weighted by Gasteiger charge is 2.27. The largest absolute Gasteiger partial charge is 0.370 e. The quantitative estimate of drug-likeness (QED) is 0.717. The van der Waals surface area contributed by atoms with Crippen LogP contribution in [0.2, 0.25) is 0 Å². The summed E-state index contributed by atoms with van der Waals surface area (Å²) in [5, 5.41) is 2.92. The third-order valence-corrected chi connectivity index (χ3v) is 6.06. The number of benzene rings is 2. The van der Waals surface area contributed by atoms with Crippen LogP contribution < -0.4 is 10.2 Å². The zero-order valence-electron chi connectivity index (χ0n) is 19.2. The van der Waals surface area contributed by atoms with Gasteiger partial charge in [0.2, 0.25) is 11.8 Å². The van der Waals surface area contributed by atoms with Crippen LogP contribution in [0, 0.1) is 5.82 Å². The summed E-state index contributed by atoms with van der Waals surface area (Å²) in [6.07, 6.45) is 1.74. The van der Waals surface area contributed by atoms with Gasteiger partial charge in [0.05, 0.1) is 12.6 Å². The predicted octanol–water partition coefficient (Wildman–Crippen LogP) is 3.39. The first-order chi connectivity index (χ1) is 15.4. The standard InChI is InChI=1S/C25H33FN4O2/c1-4-20-8-5-6-9-23(20)27-24(31)18-28(3)25(32)19(2)29-14-7-15-30(17-16-29)22-12-10-21(26)11-13-22/h5-6,8-13,19H,4,7,14-18H2,1-3H3,(H,27,31). The molecule has 1 fully saturated rings. The fourth-order valence-corrected chi connectivity index (χ4v) is 4.14. The summed E-state index contributed by atoms with van der Waals surface area (Å²) in [6.45, 7) is 7.11. The lowest BCUT2D eigenvalue weighted by molar-refractivity contribution is -0.137. The molecule has 7 heteroatoms. The molecule has 2 aromatic carbocycles. The number of nitrogens with zero attached hydrogens (tertiary/aromatic N) is 3. The Labute approximate surface area is 190 Å². The second kappa shape index (κ2) is 11.1. The minimum absolute atomic E-state index is 0.0107. The number of halogens is 1. The molecule has 2 amide bonds. The van der Waals surface area contributed by atoms with E-state index in [-0.39, 0.29) is 30.2 Å². The number of hydrogen-bond donors (Lipinski definition) is 1. The summed E-state index contributed by atoms with van der Waals surface area (Å²) >= 11 is 0. The fraction of sp³-hybridized carbons (Fsp3) is 0.440. The Bertz CT molecular complexity index is 918. The number of rotatable bonds is 7. The minimum Gasteiger partial charge on any atom is -0.370 e. The van der Waals surface area contributed by atoms with E-state index in [2.05, 4.69) is 15.1 Å². The van der Waals surface area contributed by atoms with Crippen LogP contribution in [0.5, 0.6) is 0 Å². The molecule has 0 radical (unpaired) electrons. The van der Waals surface area contributed by atoms with E-state index in [1.807, 2.05) is 38.1 Å². The van der Waals surface area contributed by atoms with Crippen LogP contribution in [0.25, 0.3) is 0 Å². The molecule has 1 unspecified atom stereocenters. The number of carbonyl (C=O) groups excluding carboxylic acids is 2. The van der Waals surface area contributed by atoms with E-state index < -0.39 is 0 Å². The van der Waals surface area contributed by atoms with Crippen molar-refractivity contribution in [1.29, 1.82) is 0 Å². The van der Waals surface area contributed by atoms with Crippen molar-refractivity contribution in [2.45, 2.75) is 32.7 Å². The predicted molar refractivity (Wildman–Crippen MR) is 126 cm³/mol. The van der Waals surface area contributed by atoms with Gasteiger partial charge in [-0.25, -0.2) is 4.39 Å². The average molecular weight is 441 g/mol. The maximum atomic E-state index is 13.2. The lowest BCUT2D eigenvalue weighted by atomic mass is 10.1. The van der Waals surface area contributed by atoms with Crippen LogP contribution in [-0.2, 0) is 16.0 Å². The Morgan fingerprint density at radius 1 is 1.06 bits per heavy atom. The van der Waals surface area contributed by atoms with Crippen molar-refractivity contribution in [2.75, 3.05) is 50.0 Å². The molecule has 32 heavy (non-hydrogen) atoms. The summed E-state index contributed by atoms with van der Waals surface area (Å²) in [5.74, 6) is -0.513. The molecule has 1 aliphatic heterocycles. The lowest BCUT2D eigenvalue weighted by Gasteiger charge is -2.30. The van der Waals surface area contributed by atoms with Gasteiger partial charge in [-0.15, -0.1) is 0 Å². The van der Waals surface area contributed by atoms with E-state index in [1.165, 1.54) is 17.0 Å². The minimum atomic E-state index is -0.316. The van der Waals surface area contributed by atoms with E-state index in [9.17, 15) is 14.0 Å². The van der Waals surface area contributed by atoms with Crippen molar-refractivity contribution >= 4 is 23.2 Å². The number of para-hydroxylation sites is 1. The van der Waals surface area contributed by atoms with Crippen LogP contribution in [-0.4, -0.2) is 67.4 Å². The van der Waals surface area contributed by atoms with Crippen molar-refractivity contribution in [2.24, 2.45) is 0 Å². The molecule has 0 spiro atoms. The number of amides is 2. The number of aryl methyl sites for hydroxylation is 1. The maximum absolute atomic E-state index is 13.2. The molecular formula is C25H33FN4O2. The summed E-state index contributed by atoms with van der Waals surface area (Å²) in [6, 6.07) is 13.9. The first kappa shape index (κ1) is 23.7. The van der Waals surface area contributed by atoms with Crippen LogP contribution >= 0.6 is 0 Å². The third-order valence-electron chi connectivity index (χ3n) is 6.06. The number of carbonyl (C=O) groups is 2. The topological polar surface area (TPSA) is 55.9 Å². The molecule has 6 nitrogen and oxygen atoms in total. The molecule has 1 saturated heterocycles. The van der Waals surface area contributed by atoms with E-state index in [4.69, 9.17) is 0 Å². The summed E-state index contributed by atoms with van der Waals surface area (Å²) in [5.41, 5.74) is 2.86. The zero-order chi connectivity index (χ0) is 23.1. The molecule has 0 aromatic heterocycles. The molecule has 0 aliphatic carbocycles. The molecule has 1 atom stereocenters. The fourth-order valence-electron chi connectivity index (χ4n) is 4.14. The second-order valence-electron chi connectivity index (χ2n) is 8.28. The van der Waals surface area contributed by atoms with Crippen LogP contribution in [0.15, 0.2) is 48.5 Å². The Kier molecular flexibility index (Phi) is 8.22. The van der Waals surface area contributed by atoms with Gasteiger partial charge in [0.1, 0.15) is 5.82 Å². The Balaban J connectivity index is 1.53. The highest BCUT2D eigenvalue weighted by Crippen LogP contribution is 2.19. The zero-order valence-corrected chi connectivity index (χ0v) is 19.2. The lowest BCUT2D eigenvalue weighted by Crippen LogP contribution is -2.48. The van der Waals surface area contributed by atoms with Crippen LogP contribution in [0.3, 0.4) is 0 Å². The molecule has 0 saturated carbocycles. The van der Waals surface area contributed by atoms with Crippen LogP contribution in [0.4, 0.5) is 15.8 Å². The van der Waals surface area contributed by atoms with Gasteiger partial charge in [0.15, 0.2) is 0 Å². The van der Waals surface area contributed by atoms with Gasteiger partial charge >= 0.3 is 0 Å². The van der Waals surface area contributed by atoms with E-state index in [0.29, 0.717) is 0 Å². The molecular weight excluding hydrogens is 407 g/mol. The van der Waals surface area contributed by atoms with Crippen molar-refractivity contribution in [1.82, 2.24) is 9.80 Å². The van der Waals surface area contributed by atoms with Crippen molar-refractivity contribution < 1.29 is 14.0 Å².